The normalized spacial score (nSPS) is 20.8. The van der Waals surface area contributed by atoms with Crippen molar-refractivity contribution in [1.82, 2.24) is 5.32 Å². The van der Waals surface area contributed by atoms with E-state index in [-0.39, 0.29) is 12.5 Å². The third kappa shape index (κ3) is 2.18. The van der Waals surface area contributed by atoms with Crippen LogP contribution in [-0.2, 0) is 4.79 Å². The van der Waals surface area contributed by atoms with Crippen molar-refractivity contribution in [3.63, 3.8) is 0 Å². The number of piperazine rings is 1. The maximum absolute atomic E-state index is 12.1. The van der Waals surface area contributed by atoms with Gasteiger partial charge in [-0.05, 0) is 31.0 Å². The minimum absolute atomic E-state index is 0.0487. The van der Waals surface area contributed by atoms with Gasteiger partial charge >= 0.3 is 0 Å². The van der Waals surface area contributed by atoms with Gasteiger partial charge < -0.3 is 15.3 Å². The number of hydrogen-bond acceptors (Lipinski definition) is 3. The maximum Gasteiger partial charge on any atom is 0.246 e. The summed E-state index contributed by atoms with van der Waals surface area (Å²) in [6, 6.07) is 5.49. The number of nitrogens with one attached hydrogen (secondary N) is 1. The molecule has 0 bridgehead atoms. The summed E-state index contributed by atoms with van der Waals surface area (Å²) in [6.07, 6.45) is 0. The molecule has 1 aromatic carbocycles. The second kappa shape index (κ2) is 4.85. The van der Waals surface area contributed by atoms with Gasteiger partial charge in [-0.25, -0.2) is 0 Å². The monoisotopic (exact) mass is 234 g/mol. The van der Waals surface area contributed by atoms with Gasteiger partial charge in [0.2, 0.25) is 5.91 Å². The van der Waals surface area contributed by atoms with Crippen LogP contribution in [0.4, 0.5) is 5.69 Å². The van der Waals surface area contributed by atoms with Crippen molar-refractivity contribution in [3.05, 3.63) is 29.3 Å². The van der Waals surface area contributed by atoms with Crippen molar-refractivity contribution in [2.45, 2.75) is 19.9 Å². The van der Waals surface area contributed by atoms with Gasteiger partial charge in [-0.15, -0.1) is 0 Å². The highest BCUT2D eigenvalue weighted by Crippen LogP contribution is 2.24. The molecule has 17 heavy (non-hydrogen) atoms. The van der Waals surface area contributed by atoms with E-state index in [1.807, 2.05) is 32.0 Å². The summed E-state index contributed by atoms with van der Waals surface area (Å²) in [6.45, 7) is 5.27. The predicted molar refractivity (Wildman–Crippen MR) is 67.1 cm³/mol. The highest BCUT2D eigenvalue weighted by molar-refractivity contribution is 5.98. The molecular formula is C13H18N2O2. The van der Waals surface area contributed by atoms with E-state index in [1.54, 1.807) is 4.90 Å². The maximum atomic E-state index is 12.1. The molecule has 1 heterocycles. The Morgan fingerprint density at radius 1 is 1.47 bits per heavy atom. The Labute approximate surface area is 101 Å². The number of benzene rings is 1. The Balaban J connectivity index is 2.33. The van der Waals surface area contributed by atoms with E-state index in [1.165, 1.54) is 5.56 Å². The van der Waals surface area contributed by atoms with Gasteiger partial charge in [0.05, 0.1) is 6.61 Å². The number of nitrogens with zero attached hydrogens (tertiary/aromatic N) is 1. The smallest absolute Gasteiger partial charge is 0.246 e. The fraction of sp³-hybridized carbons (Fsp3) is 0.462. The molecule has 0 aromatic heterocycles. The standard InChI is InChI=1S/C13H18N2O2/c1-9-4-3-5-12(10(9)2)15-7-6-14-11(8-16)13(15)17/h3-5,11,14,16H,6-8H2,1-2H3. The zero-order chi connectivity index (χ0) is 12.4. The average Bonchev–Trinajstić information content (AvgIpc) is 2.33. The van der Waals surface area contributed by atoms with Crippen LogP contribution in [0.3, 0.4) is 0 Å². The summed E-state index contributed by atoms with van der Waals surface area (Å²) in [5.74, 6) is -0.0487. The third-order valence-corrected chi connectivity index (χ3v) is 3.34. The molecule has 0 spiro atoms. The number of rotatable bonds is 2. The van der Waals surface area contributed by atoms with Crippen molar-refractivity contribution in [2.24, 2.45) is 0 Å². The predicted octanol–water partition coefficient (Wildman–Crippen LogP) is 0.601. The lowest BCUT2D eigenvalue weighted by molar-refractivity contribution is -0.122. The van der Waals surface area contributed by atoms with Gasteiger partial charge in [-0.2, -0.15) is 0 Å². The number of aliphatic hydroxyl groups excluding tert-OH is 1. The first-order valence-corrected chi connectivity index (χ1v) is 5.87. The van der Waals surface area contributed by atoms with E-state index < -0.39 is 6.04 Å². The molecule has 1 atom stereocenters. The first kappa shape index (κ1) is 12.1. The van der Waals surface area contributed by atoms with Crippen LogP contribution in [0.2, 0.25) is 0 Å². The highest BCUT2D eigenvalue weighted by Gasteiger charge is 2.29. The molecule has 4 heteroatoms. The van der Waals surface area contributed by atoms with Crippen molar-refractivity contribution < 1.29 is 9.90 Å². The van der Waals surface area contributed by atoms with Crippen LogP contribution in [-0.4, -0.2) is 36.8 Å². The van der Waals surface area contributed by atoms with Crippen LogP contribution in [0.5, 0.6) is 0 Å². The number of carbonyl (C=O) groups is 1. The molecular weight excluding hydrogens is 216 g/mol. The zero-order valence-corrected chi connectivity index (χ0v) is 10.2. The average molecular weight is 234 g/mol. The molecule has 0 saturated carbocycles. The summed E-state index contributed by atoms with van der Waals surface area (Å²) in [5.41, 5.74) is 3.25. The zero-order valence-electron chi connectivity index (χ0n) is 10.2. The number of aliphatic hydroxyl groups is 1. The number of hydrogen-bond donors (Lipinski definition) is 2. The fourth-order valence-corrected chi connectivity index (χ4v) is 2.15. The second-order valence-electron chi connectivity index (χ2n) is 4.40. The first-order valence-electron chi connectivity index (χ1n) is 5.87. The van der Waals surface area contributed by atoms with E-state index in [0.717, 1.165) is 11.3 Å². The number of anilines is 1. The van der Waals surface area contributed by atoms with Crippen molar-refractivity contribution >= 4 is 11.6 Å². The molecule has 1 aliphatic heterocycles. The van der Waals surface area contributed by atoms with Gasteiger partial charge in [-0.3, -0.25) is 4.79 Å². The molecule has 1 saturated heterocycles. The quantitative estimate of drug-likeness (QED) is 0.788. The van der Waals surface area contributed by atoms with Crippen molar-refractivity contribution in [1.29, 1.82) is 0 Å². The second-order valence-corrected chi connectivity index (χ2v) is 4.40. The van der Waals surface area contributed by atoms with Gasteiger partial charge in [0.1, 0.15) is 6.04 Å². The van der Waals surface area contributed by atoms with E-state index in [2.05, 4.69) is 5.32 Å². The number of amides is 1. The molecule has 2 N–H and O–H groups in total. The van der Waals surface area contributed by atoms with Crippen molar-refractivity contribution in [2.75, 3.05) is 24.6 Å². The summed E-state index contributed by atoms with van der Waals surface area (Å²) >= 11 is 0. The molecule has 1 amide bonds. The summed E-state index contributed by atoms with van der Waals surface area (Å²) in [7, 11) is 0. The minimum atomic E-state index is -0.469. The summed E-state index contributed by atoms with van der Waals surface area (Å²) in [5, 5.41) is 12.2. The lowest BCUT2D eigenvalue weighted by Gasteiger charge is -2.33. The van der Waals surface area contributed by atoms with Crippen LogP contribution in [0.1, 0.15) is 11.1 Å². The van der Waals surface area contributed by atoms with Gasteiger partial charge in [0.15, 0.2) is 0 Å². The molecule has 0 radical (unpaired) electrons. The number of carbonyl (C=O) groups excluding carboxylic acids is 1. The van der Waals surface area contributed by atoms with Crippen LogP contribution >= 0.6 is 0 Å². The van der Waals surface area contributed by atoms with Gasteiger partial charge in [0, 0.05) is 18.8 Å². The molecule has 2 rings (SSSR count). The Hall–Kier alpha value is -1.39. The summed E-state index contributed by atoms with van der Waals surface area (Å²) in [4.78, 5) is 13.9. The van der Waals surface area contributed by atoms with Crippen molar-refractivity contribution in [3.8, 4) is 0 Å². The third-order valence-electron chi connectivity index (χ3n) is 3.34. The SMILES string of the molecule is Cc1cccc(N2CCNC(CO)C2=O)c1C. The number of aryl methyl sites for hydroxylation is 1. The van der Waals surface area contributed by atoms with Crippen LogP contribution in [0, 0.1) is 13.8 Å². The lowest BCUT2D eigenvalue weighted by atomic mass is 10.1. The van der Waals surface area contributed by atoms with E-state index in [9.17, 15) is 4.79 Å². The highest BCUT2D eigenvalue weighted by atomic mass is 16.3. The Kier molecular flexibility index (Phi) is 3.45. The fourth-order valence-electron chi connectivity index (χ4n) is 2.15. The lowest BCUT2D eigenvalue weighted by Crippen LogP contribution is -2.56. The Morgan fingerprint density at radius 2 is 2.24 bits per heavy atom. The molecule has 92 valence electrons. The molecule has 4 nitrogen and oxygen atoms in total. The van der Waals surface area contributed by atoms with Crippen LogP contribution < -0.4 is 10.2 Å². The molecule has 1 aliphatic rings. The van der Waals surface area contributed by atoms with Crippen LogP contribution in [0.15, 0.2) is 18.2 Å². The topological polar surface area (TPSA) is 52.6 Å². The summed E-state index contributed by atoms with van der Waals surface area (Å²) < 4.78 is 0. The Morgan fingerprint density at radius 3 is 2.94 bits per heavy atom. The van der Waals surface area contributed by atoms with E-state index in [4.69, 9.17) is 5.11 Å². The van der Waals surface area contributed by atoms with Gasteiger partial charge in [-0.1, -0.05) is 12.1 Å². The van der Waals surface area contributed by atoms with Gasteiger partial charge in [0.25, 0.3) is 0 Å². The Bertz CT molecular complexity index is 431. The van der Waals surface area contributed by atoms with E-state index >= 15 is 0 Å². The van der Waals surface area contributed by atoms with Crippen LogP contribution in [0.25, 0.3) is 0 Å². The van der Waals surface area contributed by atoms with E-state index in [0.29, 0.717) is 13.1 Å². The largest absolute Gasteiger partial charge is 0.394 e. The molecule has 1 unspecified atom stereocenters. The molecule has 1 aromatic rings. The molecule has 1 fully saturated rings. The first-order chi connectivity index (χ1) is 8.15. The molecule has 0 aliphatic carbocycles. The minimum Gasteiger partial charge on any atom is -0.394 e.